The molecule has 1 N–H and O–H groups in total. The first-order valence-corrected chi connectivity index (χ1v) is 6.83. The van der Waals surface area contributed by atoms with Gasteiger partial charge >= 0.3 is 0 Å². The SMILES string of the molecule is Cn1sc(Nc2cccc3ccccc23)c(C#N)c1=O. The van der Waals surface area contributed by atoms with Gasteiger partial charge in [-0.1, -0.05) is 36.4 Å². The smallest absolute Gasteiger partial charge is 0.280 e. The maximum absolute atomic E-state index is 11.8. The van der Waals surface area contributed by atoms with E-state index in [1.807, 2.05) is 48.5 Å². The number of benzene rings is 2. The number of anilines is 2. The van der Waals surface area contributed by atoms with Crippen molar-refractivity contribution in [2.75, 3.05) is 5.32 Å². The largest absolute Gasteiger partial charge is 0.344 e. The fraction of sp³-hybridized carbons (Fsp3) is 0.0667. The van der Waals surface area contributed by atoms with E-state index in [9.17, 15) is 4.79 Å². The fourth-order valence-electron chi connectivity index (χ4n) is 2.12. The molecule has 98 valence electrons. The second-order valence-electron chi connectivity index (χ2n) is 4.36. The maximum atomic E-state index is 11.8. The molecule has 5 heteroatoms. The second kappa shape index (κ2) is 4.83. The molecule has 2 aromatic carbocycles. The number of nitrogens with one attached hydrogen (secondary N) is 1. The summed E-state index contributed by atoms with van der Waals surface area (Å²) in [7, 11) is 1.65. The molecule has 0 aliphatic rings. The second-order valence-corrected chi connectivity index (χ2v) is 5.50. The van der Waals surface area contributed by atoms with Crippen LogP contribution < -0.4 is 10.9 Å². The highest BCUT2D eigenvalue weighted by molar-refractivity contribution is 7.11. The Kier molecular flexibility index (Phi) is 3.01. The number of rotatable bonds is 2. The fourth-order valence-corrected chi connectivity index (χ4v) is 2.95. The summed E-state index contributed by atoms with van der Waals surface area (Å²) in [6.07, 6.45) is 0. The van der Waals surface area contributed by atoms with Gasteiger partial charge < -0.3 is 5.32 Å². The van der Waals surface area contributed by atoms with Gasteiger partial charge in [0.25, 0.3) is 5.56 Å². The Morgan fingerprint density at radius 3 is 2.75 bits per heavy atom. The monoisotopic (exact) mass is 281 g/mol. The van der Waals surface area contributed by atoms with Crippen molar-refractivity contribution in [3.8, 4) is 6.07 Å². The molecule has 0 atom stereocenters. The summed E-state index contributed by atoms with van der Waals surface area (Å²) in [5, 5.41) is 15.1. The number of nitrogens with zero attached hydrogens (tertiary/aromatic N) is 2. The number of nitriles is 1. The van der Waals surface area contributed by atoms with E-state index in [0.29, 0.717) is 5.00 Å². The van der Waals surface area contributed by atoms with Gasteiger partial charge in [-0.3, -0.25) is 8.75 Å². The van der Waals surface area contributed by atoms with E-state index in [1.54, 1.807) is 7.05 Å². The van der Waals surface area contributed by atoms with Crippen LogP contribution in [0.3, 0.4) is 0 Å². The minimum Gasteiger partial charge on any atom is -0.344 e. The first kappa shape index (κ1) is 12.5. The van der Waals surface area contributed by atoms with Crippen molar-refractivity contribution in [2.45, 2.75) is 0 Å². The molecular weight excluding hydrogens is 270 g/mol. The zero-order valence-electron chi connectivity index (χ0n) is 10.8. The molecule has 0 saturated carbocycles. The van der Waals surface area contributed by atoms with Gasteiger partial charge in [-0.05, 0) is 23.0 Å². The Balaban J connectivity index is 2.13. The molecule has 0 aliphatic carbocycles. The molecule has 20 heavy (non-hydrogen) atoms. The zero-order valence-corrected chi connectivity index (χ0v) is 11.6. The van der Waals surface area contributed by atoms with Crippen molar-refractivity contribution in [3.63, 3.8) is 0 Å². The van der Waals surface area contributed by atoms with Crippen LogP contribution in [0.1, 0.15) is 5.56 Å². The average Bonchev–Trinajstić information content (AvgIpc) is 2.74. The van der Waals surface area contributed by atoms with E-state index in [2.05, 4.69) is 5.32 Å². The predicted molar refractivity (Wildman–Crippen MR) is 81.5 cm³/mol. The first-order valence-electron chi connectivity index (χ1n) is 6.06. The molecule has 4 nitrogen and oxygen atoms in total. The molecule has 1 heterocycles. The molecule has 0 unspecified atom stereocenters. The lowest BCUT2D eigenvalue weighted by atomic mass is 10.1. The number of hydrogen-bond acceptors (Lipinski definition) is 4. The van der Waals surface area contributed by atoms with Crippen molar-refractivity contribution < 1.29 is 0 Å². The van der Waals surface area contributed by atoms with Gasteiger partial charge in [0.15, 0.2) is 5.56 Å². The van der Waals surface area contributed by atoms with Gasteiger partial charge in [0, 0.05) is 18.1 Å². The molecule has 3 aromatic rings. The Hall–Kier alpha value is -2.58. The molecule has 0 fully saturated rings. The van der Waals surface area contributed by atoms with Crippen molar-refractivity contribution in [1.82, 2.24) is 3.96 Å². The third kappa shape index (κ3) is 1.96. The van der Waals surface area contributed by atoms with E-state index in [-0.39, 0.29) is 11.1 Å². The molecule has 0 spiro atoms. The van der Waals surface area contributed by atoms with Crippen LogP contribution in [0.25, 0.3) is 10.8 Å². The lowest BCUT2D eigenvalue weighted by Gasteiger charge is -2.07. The van der Waals surface area contributed by atoms with Gasteiger partial charge in [0.05, 0.1) is 0 Å². The quantitative estimate of drug-likeness (QED) is 0.784. The Bertz CT molecular complexity index is 881. The van der Waals surface area contributed by atoms with E-state index in [0.717, 1.165) is 16.5 Å². The third-order valence-electron chi connectivity index (χ3n) is 3.10. The van der Waals surface area contributed by atoms with E-state index in [4.69, 9.17) is 5.26 Å². The van der Waals surface area contributed by atoms with Gasteiger partial charge in [-0.25, -0.2) is 0 Å². The van der Waals surface area contributed by atoms with Crippen LogP contribution in [-0.2, 0) is 7.05 Å². The van der Waals surface area contributed by atoms with Crippen LogP contribution in [0.4, 0.5) is 10.7 Å². The number of aromatic nitrogens is 1. The summed E-state index contributed by atoms with van der Waals surface area (Å²) in [5.74, 6) is 0. The predicted octanol–water partition coefficient (Wildman–Crippen LogP) is 3.22. The number of aryl methyl sites for hydroxylation is 1. The topological polar surface area (TPSA) is 57.8 Å². The number of hydrogen-bond donors (Lipinski definition) is 1. The van der Waals surface area contributed by atoms with Crippen LogP contribution in [0.2, 0.25) is 0 Å². The summed E-state index contributed by atoms with van der Waals surface area (Å²) >= 11 is 1.24. The lowest BCUT2D eigenvalue weighted by molar-refractivity contribution is 0.976. The van der Waals surface area contributed by atoms with Gasteiger partial charge in [0.1, 0.15) is 11.1 Å². The van der Waals surface area contributed by atoms with Crippen molar-refractivity contribution in [2.24, 2.45) is 7.05 Å². The minimum absolute atomic E-state index is 0.158. The summed E-state index contributed by atoms with van der Waals surface area (Å²) in [4.78, 5) is 11.8. The van der Waals surface area contributed by atoms with E-state index < -0.39 is 0 Å². The van der Waals surface area contributed by atoms with Crippen molar-refractivity contribution in [1.29, 1.82) is 5.26 Å². The van der Waals surface area contributed by atoms with Crippen LogP contribution in [0, 0.1) is 11.3 Å². The third-order valence-corrected chi connectivity index (χ3v) is 4.03. The first-order chi connectivity index (χ1) is 9.70. The molecule has 0 bridgehead atoms. The van der Waals surface area contributed by atoms with Crippen LogP contribution >= 0.6 is 11.5 Å². The van der Waals surface area contributed by atoms with Gasteiger partial charge in [0.2, 0.25) is 0 Å². The van der Waals surface area contributed by atoms with E-state index >= 15 is 0 Å². The summed E-state index contributed by atoms with van der Waals surface area (Å²) in [6, 6.07) is 15.9. The van der Waals surface area contributed by atoms with E-state index in [1.165, 1.54) is 15.5 Å². The Morgan fingerprint density at radius 2 is 1.95 bits per heavy atom. The molecule has 1 aromatic heterocycles. The van der Waals surface area contributed by atoms with Crippen molar-refractivity contribution in [3.05, 3.63) is 58.4 Å². The Labute approximate surface area is 119 Å². The molecule has 0 amide bonds. The zero-order chi connectivity index (χ0) is 14.1. The maximum Gasteiger partial charge on any atom is 0.280 e. The highest BCUT2D eigenvalue weighted by Crippen LogP contribution is 2.29. The highest BCUT2D eigenvalue weighted by Gasteiger charge is 2.13. The van der Waals surface area contributed by atoms with Gasteiger partial charge in [-0.2, -0.15) is 5.26 Å². The molecular formula is C15H11N3OS. The summed E-state index contributed by atoms with van der Waals surface area (Å²) in [6.45, 7) is 0. The average molecular weight is 281 g/mol. The van der Waals surface area contributed by atoms with Crippen LogP contribution in [0.15, 0.2) is 47.3 Å². The van der Waals surface area contributed by atoms with Gasteiger partial charge in [-0.15, -0.1) is 0 Å². The normalized spacial score (nSPS) is 10.4. The molecule has 3 rings (SSSR count). The number of fused-ring (bicyclic) bond motifs is 1. The molecule has 0 aliphatic heterocycles. The van der Waals surface area contributed by atoms with Crippen LogP contribution in [0.5, 0.6) is 0 Å². The Morgan fingerprint density at radius 1 is 1.20 bits per heavy atom. The van der Waals surface area contributed by atoms with Crippen molar-refractivity contribution >= 4 is 33.0 Å². The molecule has 0 saturated heterocycles. The summed E-state index contributed by atoms with van der Waals surface area (Å²) in [5.41, 5.74) is 0.784. The standard InChI is InChI=1S/C15H11N3OS/c1-18-15(19)12(9-16)14(20-18)17-13-8-4-6-10-5-2-3-7-11(10)13/h2-8,17H,1H3. The summed E-state index contributed by atoms with van der Waals surface area (Å²) < 4.78 is 1.45. The minimum atomic E-state index is -0.264. The highest BCUT2D eigenvalue weighted by atomic mass is 32.1. The molecule has 0 radical (unpaired) electrons. The lowest BCUT2D eigenvalue weighted by Crippen LogP contribution is -2.11. The van der Waals surface area contributed by atoms with Crippen LogP contribution in [-0.4, -0.2) is 3.96 Å².